The number of ether oxygens (including phenoxy) is 1. The molecule has 3 heteroatoms. The van der Waals surface area contributed by atoms with E-state index in [9.17, 15) is 4.79 Å². The summed E-state index contributed by atoms with van der Waals surface area (Å²) < 4.78 is 5.63. The van der Waals surface area contributed by atoms with Gasteiger partial charge in [0, 0.05) is 22.6 Å². The van der Waals surface area contributed by atoms with Crippen molar-refractivity contribution in [3.05, 3.63) is 64.2 Å². The fourth-order valence-corrected chi connectivity index (χ4v) is 2.46. The Morgan fingerprint density at radius 2 is 1.84 bits per heavy atom. The molecule has 3 rings (SSSR count). The first-order valence-electron chi connectivity index (χ1n) is 6.23. The SMILES string of the molecule is CC1Cc2cc(C(=O)c3ccc(Cl)cc3)ccc2O1. The summed E-state index contributed by atoms with van der Waals surface area (Å²) in [4.78, 5) is 12.4. The first kappa shape index (κ1) is 12.2. The van der Waals surface area contributed by atoms with Crippen LogP contribution >= 0.6 is 11.6 Å². The predicted molar refractivity (Wildman–Crippen MR) is 75.1 cm³/mol. The van der Waals surface area contributed by atoms with Gasteiger partial charge in [-0.15, -0.1) is 0 Å². The molecule has 1 heterocycles. The molecule has 1 atom stereocenters. The van der Waals surface area contributed by atoms with Crippen LogP contribution in [-0.4, -0.2) is 11.9 Å². The monoisotopic (exact) mass is 272 g/mol. The minimum Gasteiger partial charge on any atom is -0.490 e. The Morgan fingerprint density at radius 1 is 1.16 bits per heavy atom. The number of carbonyl (C=O) groups is 1. The normalized spacial score (nSPS) is 16.8. The van der Waals surface area contributed by atoms with Gasteiger partial charge in [-0.05, 0) is 55.0 Å². The summed E-state index contributed by atoms with van der Waals surface area (Å²) in [7, 11) is 0. The van der Waals surface area contributed by atoms with E-state index in [4.69, 9.17) is 16.3 Å². The fourth-order valence-electron chi connectivity index (χ4n) is 2.33. The lowest BCUT2D eigenvalue weighted by atomic mass is 10.00. The highest BCUT2D eigenvalue weighted by Gasteiger charge is 2.20. The van der Waals surface area contributed by atoms with Crippen molar-refractivity contribution in [2.75, 3.05) is 0 Å². The molecular weight excluding hydrogens is 260 g/mol. The van der Waals surface area contributed by atoms with Crippen LogP contribution in [0.3, 0.4) is 0 Å². The summed E-state index contributed by atoms with van der Waals surface area (Å²) in [5.41, 5.74) is 2.45. The Kier molecular flexibility index (Phi) is 3.03. The maximum absolute atomic E-state index is 12.4. The molecule has 0 aliphatic carbocycles. The van der Waals surface area contributed by atoms with Crippen molar-refractivity contribution < 1.29 is 9.53 Å². The Balaban J connectivity index is 1.93. The van der Waals surface area contributed by atoms with E-state index < -0.39 is 0 Å². The second-order valence-electron chi connectivity index (χ2n) is 4.79. The van der Waals surface area contributed by atoms with Gasteiger partial charge in [-0.2, -0.15) is 0 Å². The van der Waals surface area contributed by atoms with E-state index in [0.717, 1.165) is 17.7 Å². The lowest BCUT2D eigenvalue weighted by Gasteiger charge is -2.04. The number of hydrogen-bond acceptors (Lipinski definition) is 2. The zero-order chi connectivity index (χ0) is 13.4. The lowest BCUT2D eigenvalue weighted by Crippen LogP contribution is -2.05. The third kappa shape index (κ3) is 2.36. The van der Waals surface area contributed by atoms with Gasteiger partial charge >= 0.3 is 0 Å². The van der Waals surface area contributed by atoms with Crippen LogP contribution in [-0.2, 0) is 6.42 Å². The van der Waals surface area contributed by atoms with Gasteiger partial charge in [-0.1, -0.05) is 11.6 Å². The van der Waals surface area contributed by atoms with Crippen molar-refractivity contribution in [1.29, 1.82) is 0 Å². The molecule has 2 aromatic rings. The van der Waals surface area contributed by atoms with E-state index in [1.807, 2.05) is 25.1 Å². The first-order valence-corrected chi connectivity index (χ1v) is 6.61. The van der Waals surface area contributed by atoms with Crippen molar-refractivity contribution in [3.8, 4) is 5.75 Å². The van der Waals surface area contributed by atoms with Crippen LogP contribution in [0.25, 0.3) is 0 Å². The van der Waals surface area contributed by atoms with Crippen LogP contribution in [0.4, 0.5) is 0 Å². The van der Waals surface area contributed by atoms with Crippen molar-refractivity contribution in [2.45, 2.75) is 19.4 Å². The minimum absolute atomic E-state index is 0.0130. The van der Waals surface area contributed by atoms with E-state index in [0.29, 0.717) is 16.1 Å². The van der Waals surface area contributed by atoms with Crippen LogP contribution in [0.2, 0.25) is 5.02 Å². The summed E-state index contributed by atoms with van der Waals surface area (Å²) in [6.45, 7) is 2.03. The zero-order valence-electron chi connectivity index (χ0n) is 10.5. The molecule has 0 amide bonds. The number of carbonyl (C=O) groups excluding carboxylic acids is 1. The summed E-state index contributed by atoms with van der Waals surface area (Å²) in [5, 5.41) is 0.632. The molecule has 19 heavy (non-hydrogen) atoms. The van der Waals surface area contributed by atoms with E-state index >= 15 is 0 Å². The highest BCUT2D eigenvalue weighted by Crippen LogP contribution is 2.30. The maximum atomic E-state index is 12.4. The molecule has 0 radical (unpaired) electrons. The van der Waals surface area contributed by atoms with E-state index in [1.165, 1.54) is 0 Å². The molecule has 1 unspecified atom stereocenters. The average Bonchev–Trinajstić information content (AvgIpc) is 2.77. The summed E-state index contributed by atoms with van der Waals surface area (Å²) >= 11 is 5.83. The van der Waals surface area contributed by atoms with Crippen LogP contribution in [0.5, 0.6) is 5.75 Å². The summed E-state index contributed by atoms with van der Waals surface area (Å²) in [6.07, 6.45) is 1.05. The Hall–Kier alpha value is -1.80. The number of benzene rings is 2. The molecule has 2 aromatic carbocycles. The van der Waals surface area contributed by atoms with Crippen molar-refractivity contribution >= 4 is 17.4 Å². The molecule has 96 valence electrons. The molecule has 0 bridgehead atoms. The van der Waals surface area contributed by atoms with Crippen LogP contribution in [0.1, 0.15) is 28.4 Å². The third-order valence-electron chi connectivity index (χ3n) is 3.26. The number of halogens is 1. The van der Waals surface area contributed by atoms with Gasteiger partial charge in [0.05, 0.1) is 0 Å². The largest absolute Gasteiger partial charge is 0.490 e. The van der Waals surface area contributed by atoms with E-state index in [2.05, 4.69) is 0 Å². The van der Waals surface area contributed by atoms with Crippen molar-refractivity contribution in [3.63, 3.8) is 0 Å². The molecule has 0 fully saturated rings. The Morgan fingerprint density at radius 3 is 2.58 bits per heavy atom. The highest BCUT2D eigenvalue weighted by molar-refractivity contribution is 6.30. The third-order valence-corrected chi connectivity index (χ3v) is 3.52. The number of fused-ring (bicyclic) bond motifs is 1. The standard InChI is InChI=1S/C16H13ClO2/c1-10-8-13-9-12(4-7-15(13)19-10)16(18)11-2-5-14(17)6-3-11/h2-7,9-10H,8H2,1H3. The predicted octanol–water partition coefficient (Wildman–Crippen LogP) is 3.89. The smallest absolute Gasteiger partial charge is 0.193 e. The van der Waals surface area contributed by atoms with Crippen molar-refractivity contribution in [2.24, 2.45) is 0 Å². The molecular formula is C16H13ClO2. The number of rotatable bonds is 2. The van der Waals surface area contributed by atoms with Gasteiger partial charge < -0.3 is 4.74 Å². The molecule has 0 N–H and O–H groups in total. The van der Waals surface area contributed by atoms with Crippen LogP contribution in [0, 0.1) is 0 Å². The van der Waals surface area contributed by atoms with Gasteiger partial charge in [-0.25, -0.2) is 0 Å². The van der Waals surface area contributed by atoms with Gasteiger partial charge in [-0.3, -0.25) is 4.79 Å². The van der Waals surface area contributed by atoms with E-state index in [1.54, 1.807) is 24.3 Å². The highest BCUT2D eigenvalue weighted by atomic mass is 35.5. The molecule has 0 spiro atoms. The van der Waals surface area contributed by atoms with Crippen molar-refractivity contribution in [1.82, 2.24) is 0 Å². The molecule has 0 saturated carbocycles. The summed E-state index contributed by atoms with van der Waals surface area (Å²) in [6, 6.07) is 12.6. The molecule has 0 saturated heterocycles. The average molecular weight is 273 g/mol. The fraction of sp³-hybridized carbons (Fsp3) is 0.188. The van der Waals surface area contributed by atoms with E-state index in [-0.39, 0.29) is 11.9 Å². The second-order valence-corrected chi connectivity index (χ2v) is 5.23. The first-order chi connectivity index (χ1) is 9.13. The summed E-state index contributed by atoms with van der Waals surface area (Å²) in [5.74, 6) is 0.902. The molecule has 1 aliphatic heterocycles. The van der Waals surface area contributed by atoms with Gasteiger partial charge in [0.2, 0.25) is 0 Å². The zero-order valence-corrected chi connectivity index (χ0v) is 11.3. The van der Waals surface area contributed by atoms with Crippen LogP contribution < -0.4 is 4.74 Å². The van der Waals surface area contributed by atoms with Crippen LogP contribution in [0.15, 0.2) is 42.5 Å². The number of hydrogen-bond donors (Lipinski definition) is 0. The Bertz CT molecular complexity index is 632. The molecule has 2 nitrogen and oxygen atoms in total. The molecule has 0 aromatic heterocycles. The quantitative estimate of drug-likeness (QED) is 0.775. The Labute approximate surface area is 117 Å². The van der Waals surface area contributed by atoms with Gasteiger partial charge in [0.25, 0.3) is 0 Å². The number of ketones is 1. The second kappa shape index (κ2) is 4.71. The maximum Gasteiger partial charge on any atom is 0.193 e. The lowest BCUT2D eigenvalue weighted by molar-refractivity contribution is 0.103. The van der Waals surface area contributed by atoms with Gasteiger partial charge in [0.1, 0.15) is 11.9 Å². The minimum atomic E-state index is 0.0130. The molecule has 1 aliphatic rings. The van der Waals surface area contributed by atoms with Gasteiger partial charge in [0.15, 0.2) is 5.78 Å². The topological polar surface area (TPSA) is 26.3 Å².